The summed E-state index contributed by atoms with van der Waals surface area (Å²) in [6, 6.07) is 0.408. The topological polar surface area (TPSA) is 63.3 Å². The smallest absolute Gasteiger partial charge is 0.303 e. The molecule has 114 valence electrons. The van der Waals surface area contributed by atoms with Crippen molar-refractivity contribution in [2.45, 2.75) is 96.4 Å². The van der Waals surface area contributed by atoms with E-state index < -0.39 is 5.97 Å². The molecule has 0 aromatic carbocycles. The molecule has 3 N–H and O–H groups in total. The van der Waals surface area contributed by atoms with Gasteiger partial charge in [-0.25, -0.2) is 0 Å². The second-order valence-electron chi connectivity index (χ2n) is 5.64. The van der Waals surface area contributed by atoms with Gasteiger partial charge in [0.05, 0.1) is 0 Å². The standard InChI is InChI=1S/C16H33NO2/c1-2-15(17)13-11-9-7-5-3-4-6-8-10-12-14-16(18)19/h15H,2-14,17H2,1H3,(H,18,19). The molecule has 0 aliphatic carbocycles. The first-order valence-electron chi connectivity index (χ1n) is 8.14. The highest BCUT2D eigenvalue weighted by Gasteiger charge is 1.99. The highest BCUT2D eigenvalue weighted by atomic mass is 16.4. The maximum Gasteiger partial charge on any atom is 0.303 e. The molecule has 0 aromatic rings. The minimum atomic E-state index is -0.664. The number of aliphatic carboxylic acids is 1. The zero-order valence-electron chi connectivity index (χ0n) is 12.7. The minimum absolute atomic E-state index is 0.333. The fraction of sp³-hybridized carbons (Fsp3) is 0.938. The molecule has 0 saturated carbocycles. The molecule has 0 amide bonds. The van der Waals surface area contributed by atoms with Crippen LogP contribution in [0.15, 0.2) is 0 Å². The summed E-state index contributed by atoms with van der Waals surface area (Å²) in [5.41, 5.74) is 5.88. The summed E-state index contributed by atoms with van der Waals surface area (Å²) in [4.78, 5) is 10.3. The average molecular weight is 271 g/mol. The SMILES string of the molecule is CCC(N)CCCCCCCCCCCCC(=O)O. The second kappa shape index (κ2) is 13.9. The van der Waals surface area contributed by atoms with Crippen molar-refractivity contribution in [1.82, 2.24) is 0 Å². The van der Waals surface area contributed by atoms with Gasteiger partial charge in [0, 0.05) is 12.5 Å². The van der Waals surface area contributed by atoms with E-state index in [0.29, 0.717) is 12.5 Å². The summed E-state index contributed by atoms with van der Waals surface area (Å²) in [5.74, 6) is -0.664. The van der Waals surface area contributed by atoms with Crippen molar-refractivity contribution in [2.24, 2.45) is 5.73 Å². The lowest BCUT2D eigenvalue weighted by Crippen LogP contribution is -2.17. The summed E-state index contributed by atoms with van der Waals surface area (Å²) >= 11 is 0. The van der Waals surface area contributed by atoms with Gasteiger partial charge in [-0.05, 0) is 19.3 Å². The van der Waals surface area contributed by atoms with Gasteiger partial charge in [-0.2, -0.15) is 0 Å². The molecule has 0 heterocycles. The largest absolute Gasteiger partial charge is 0.481 e. The van der Waals surface area contributed by atoms with Crippen LogP contribution in [-0.2, 0) is 4.79 Å². The van der Waals surface area contributed by atoms with Crippen molar-refractivity contribution in [3.05, 3.63) is 0 Å². The zero-order valence-corrected chi connectivity index (χ0v) is 12.7. The van der Waals surface area contributed by atoms with Crippen LogP contribution < -0.4 is 5.73 Å². The summed E-state index contributed by atoms with van der Waals surface area (Å²) in [5, 5.41) is 8.50. The van der Waals surface area contributed by atoms with Gasteiger partial charge < -0.3 is 10.8 Å². The molecule has 0 rings (SSSR count). The molecule has 3 nitrogen and oxygen atoms in total. The van der Waals surface area contributed by atoms with E-state index in [4.69, 9.17) is 10.8 Å². The second-order valence-corrected chi connectivity index (χ2v) is 5.64. The number of nitrogens with two attached hydrogens (primary N) is 1. The summed E-state index contributed by atoms with van der Waals surface area (Å²) in [6.45, 7) is 2.15. The Morgan fingerprint density at radius 2 is 1.32 bits per heavy atom. The van der Waals surface area contributed by atoms with Crippen molar-refractivity contribution in [3.63, 3.8) is 0 Å². The maximum atomic E-state index is 10.3. The Balaban J connectivity index is 3.01. The first-order valence-corrected chi connectivity index (χ1v) is 8.14. The first kappa shape index (κ1) is 18.4. The molecule has 0 radical (unpaired) electrons. The molecule has 0 fully saturated rings. The quantitative estimate of drug-likeness (QED) is 0.457. The number of unbranched alkanes of at least 4 members (excludes halogenated alkanes) is 9. The molecule has 0 aliphatic rings. The van der Waals surface area contributed by atoms with Gasteiger partial charge in [0.15, 0.2) is 0 Å². The summed E-state index contributed by atoms with van der Waals surface area (Å²) in [7, 11) is 0. The van der Waals surface area contributed by atoms with Gasteiger partial charge in [-0.1, -0.05) is 64.7 Å². The number of hydrogen-bond donors (Lipinski definition) is 2. The third kappa shape index (κ3) is 15.4. The number of hydrogen-bond acceptors (Lipinski definition) is 2. The van der Waals surface area contributed by atoms with Crippen LogP contribution in [0.25, 0.3) is 0 Å². The van der Waals surface area contributed by atoms with Crippen molar-refractivity contribution < 1.29 is 9.90 Å². The van der Waals surface area contributed by atoms with Crippen LogP contribution in [0.4, 0.5) is 0 Å². The zero-order chi connectivity index (χ0) is 14.3. The Kier molecular flexibility index (Phi) is 13.4. The minimum Gasteiger partial charge on any atom is -0.481 e. The molecule has 19 heavy (non-hydrogen) atoms. The van der Waals surface area contributed by atoms with E-state index in [-0.39, 0.29) is 0 Å². The van der Waals surface area contributed by atoms with E-state index in [1.807, 2.05) is 0 Å². The van der Waals surface area contributed by atoms with Crippen molar-refractivity contribution in [3.8, 4) is 0 Å². The van der Waals surface area contributed by atoms with E-state index in [2.05, 4.69) is 6.92 Å². The van der Waals surface area contributed by atoms with Crippen LogP contribution in [0.3, 0.4) is 0 Å². The lowest BCUT2D eigenvalue weighted by molar-refractivity contribution is -0.137. The third-order valence-electron chi connectivity index (χ3n) is 3.74. The van der Waals surface area contributed by atoms with Gasteiger partial charge >= 0.3 is 5.97 Å². The van der Waals surface area contributed by atoms with Crippen molar-refractivity contribution in [1.29, 1.82) is 0 Å². The van der Waals surface area contributed by atoms with Gasteiger partial charge in [-0.15, -0.1) is 0 Å². The Hall–Kier alpha value is -0.570. The Labute approximate surface area is 119 Å². The van der Waals surface area contributed by atoms with Gasteiger partial charge in [-0.3, -0.25) is 4.79 Å². The fourth-order valence-electron chi connectivity index (χ4n) is 2.30. The highest BCUT2D eigenvalue weighted by molar-refractivity contribution is 5.66. The van der Waals surface area contributed by atoms with E-state index in [1.54, 1.807) is 0 Å². The molecule has 1 atom stereocenters. The molecule has 3 heteroatoms. The summed E-state index contributed by atoms with van der Waals surface area (Å²) in [6.07, 6.45) is 14.9. The van der Waals surface area contributed by atoms with Gasteiger partial charge in [0.2, 0.25) is 0 Å². The van der Waals surface area contributed by atoms with Gasteiger partial charge in [0.25, 0.3) is 0 Å². The number of carboxylic acid groups (broad SMARTS) is 1. The van der Waals surface area contributed by atoms with E-state index in [1.165, 1.54) is 57.8 Å². The normalized spacial score (nSPS) is 12.5. The van der Waals surface area contributed by atoms with Crippen LogP contribution in [0.1, 0.15) is 90.4 Å². The molecule has 0 spiro atoms. The first-order chi connectivity index (χ1) is 9.16. The van der Waals surface area contributed by atoms with E-state index in [0.717, 1.165) is 19.3 Å². The van der Waals surface area contributed by atoms with E-state index in [9.17, 15) is 4.79 Å². The third-order valence-corrected chi connectivity index (χ3v) is 3.74. The number of carboxylic acids is 1. The fourth-order valence-corrected chi connectivity index (χ4v) is 2.30. The molecule has 0 bridgehead atoms. The Morgan fingerprint density at radius 3 is 1.74 bits per heavy atom. The van der Waals surface area contributed by atoms with Crippen LogP contribution >= 0.6 is 0 Å². The molecular formula is C16H33NO2. The Bertz CT molecular complexity index is 207. The van der Waals surface area contributed by atoms with Crippen LogP contribution in [0, 0.1) is 0 Å². The van der Waals surface area contributed by atoms with Crippen LogP contribution in [-0.4, -0.2) is 17.1 Å². The maximum absolute atomic E-state index is 10.3. The number of rotatable bonds is 14. The molecule has 0 aromatic heterocycles. The molecule has 0 saturated heterocycles. The molecule has 0 aliphatic heterocycles. The van der Waals surface area contributed by atoms with Crippen LogP contribution in [0.2, 0.25) is 0 Å². The lowest BCUT2D eigenvalue weighted by atomic mass is 10.0. The van der Waals surface area contributed by atoms with Crippen LogP contribution in [0.5, 0.6) is 0 Å². The Morgan fingerprint density at radius 1 is 0.895 bits per heavy atom. The van der Waals surface area contributed by atoms with Crippen molar-refractivity contribution in [2.75, 3.05) is 0 Å². The van der Waals surface area contributed by atoms with E-state index >= 15 is 0 Å². The summed E-state index contributed by atoms with van der Waals surface area (Å²) < 4.78 is 0. The average Bonchev–Trinajstić information content (AvgIpc) is 2.39. The van der Waals surface area contributed by atoms with Crippen molar-refractivity contribution >= 4 is 5.97 Å². The lowest BCUT2D eigenvalue weighted by Gasteiger charge is -2.07. The predicted molar refractivity (Wildman–Crippen MR) is 81.3 cm³/mol. The monoisotopic (exact) mass is 271 g/mol. The molecule has 1 unspecified atom stereocenters. The van der Waals surface area contributed by atoms with Gasteiger partial charge in [0.1, 0.15) is 0 Å². The molecular weight excluding hydrogens is 238 g/mol. The predicted octanol–water partition coefficient (Wildman–Crippen LogP) is 4.49. The number of carbonyl (C=O) groups is 1. The highest BCUT2D eigenvalue weighted by Crippen LogP contribution is 2.12.